The van der Waals surface area contributed by atoms with Crippen LogP contribution in [0.3, 0.4) is 0 Å². The Bertz CT molecular complexity index is 383. The first-order chi connectivity index (χ1) is 7.52. The molecule has 0 aromatic carbocycles. The van der Waals surface area contributed by atoms with Crippen LogP contribution in [0.15, 0.2) is 6.20 Å². The Kier molecular flexibility index (Phi) is 4.10. The van der Waals surface area contributed by atoms with Crippen LogP contribution < -0.4 is 4.57 Å². The Labute approximate surface area is 96.5 Å². The second-order valence-electron chi connectivity index (χ2n) is 4.11. The highest BCUT2D eigenvalue weighted by atomic mass is 16.4. The molecule has 4 nitrogen and oxygen atoms in total. The summed E-state index contributed by atoms with van der Waals surface area (Å²) in [6.07, 6.45) is 3.85. The largest absolute Gasteiger partial charge is 0.478 e. The summed E-state index contributed by atoms with van der Waals surface area (Å²) in [6, 6.07) is -0.494. The number of imidazole rings is 1. The maximum atomic E-state index is 11.0. The van der Waals surface area contributed by atoms with Gasteiger partial charge in [0.1, 0.15) is 11.9 Å². The van der Waals surface area contributed by atoms with Crippen molar-refractivity contribution in [2.24, 2.45) is 0 Å². The number of carbonyl (C=O) groups is 1. The Morgan fingerprint density at radius 1 is 1.56 bits per heavy atom. The molecule has 0 aliphatic rings. The van der Waals surface area contributed by atoms with Crippen LogP contribution >= 0.6 is 0 Å². The normalized spacial score (nSPS) is 12.8. The first-order valence-corrected chi connectivity index (χ1v) is 5.85. The van der Waals surface area contributed by atoms with Crippen molar-refractivity contribution in [1.29, 1.82) is 0 Å². The predicted octanol–water partition coefficient (Wildman–Crippen LogP) is 1.70. The molecule has 1 unspecified atom stereocenters. The van der Waals surface area contributed by atoms with Gasteiger partial charge in [-0.05, 0) is 13.3 Å². The fourth-order valence-corrected chi connectivity index (χ4v) is 2.05. The summed E-state index contributed by atoms with van der Waals surface area (Å²) in [5.74, 6) is 0.308. The van der Waals surface area contributed by atoms with Crippen molar-refractivity contribution in [3.8, 4) is 0 Å². The van der Waals surface area contributed by atoms with Crippen LogP contribution in [0.5, 0.6) is 0 Å². The summed E-state index contributed by atoms with van der Waals surface area (Å²) in [4.78, 5) is 11.0. The van der Waals surface area contributed by atoms with Crippen LogP contribution in [0.2, 0.25) is 0 Å². The molecule has 1 aromatic heterocycles. The third kappa shape index (κ3) is 2.26. The molecular formula is C12H21N2O2+. The van der Waals surface area contributed by atoms with Crippen molar-refractivity contribution in [3.05, 3.63) is 17.7 Å². The van der Waals surface area contributed by atoms with E-state index in [-0.39, 0.29) is 0 Å². The van der Waals surface area contributed by atoms with Crippen LogP contribution in [0.1, 0.15) is 44.8 Å². The molecule has 1 rings (SSSR count). The topological polar surface area (TPSA) is 46.1 Å². The van der Waals surface area contributed by atoms with Gasteiger partial charge in [-0.1, -0.05) is 13.8 Å². The van der Waals surface area contributed by atoms with Crippen LogP contribution in [0.4, 0.5) is 0 Å². The van der Waals surface area contributed by atoms with Gasteiger partial charge >= 0.3 is 5.97 Å². The summed E-state index contributed by atoms with van der Waals surface area (Å²) in [5.41, 5.74) is 1.13. The number of nitrogens with zero attached hydrogens (tertiary/aromatic N) is 2. The third-order valence-electron chi connectivity index (χ3n) is 2.90. The van der Waals surface area contributed by atoms with E-state index < -0.39 is 12.0 Å². The molecule has 1 heterocycles. The van der Waals surface area contributed by atoms with Gasteiger partial charge < -0.3 is 5.11 Å². The minimum Gasteiger partial charge on any atom is -0.478 e. The fraction of sp³-hybridized carbons (Fsp3) is 0.667. The van der Waals surface area contributed by atoms with E-state index >= 15 is 0 Å². The van der Waals surface area contributed by atoms with Gasteiger partial charge in [0.25, 0.3) is 5.82 Å². The van der Waals surface area contributed by atoms with Gasteiger partial charge in [-0.3, -0.25) is 0 Å². The minimum absolute atomic E-state index is 0.494. The van der Waals surface area contributed by atoms with Crippen LogP contribution in [0.25, 0.3) is 0 Å². The van der Waals surface area contributed by atoms with Gasteiger partial charge in [0.15, 0.2) is 6.04 Å². The maximum absolute atomic E-state index is 11.0. The predicted molar refractivity (Wildman–Crippen MR) is 61.4 cm³/mol. The summed E-state index contributed by atoms with van der Waals surface area (Å²) in [5, 5.41) is 9.06. The van der Waals surface area contributed by atoms with Crippen molar-refractivity contribution in [2.75, 3.05) is 0 Å². The number of hydrogen-bond acceptors (Lipinski definition) is 1. The highest BCUT2D eigenvalue weighted by Crippen LogP contribution is 2.08. The molecule has 16 heavy (non-hydrogen) atoms. The van der Waals surface area contributed by atoms with E-state index in [4.69, 9.17) is 5.11 Å². The third-order valence-corrected chi connectivity index (χ3v) is 2.90. The van der Waals surface area contributed by atoms with Crippen molar-refractivity contribution >= 4 is 5.97 Å². The minimum atomic E-state index is -0.784. The van der Waals surface area contributed by atoms with Gasteiger partial charge in [0.2, 0.25) is 0 Å². The van der Waals surface area contributed by atoms with Crippen LogP contribution in [-0.2, 0) is 17.8 Å². The van der Waals surface area contributed by atoms with E-state index in [1.165, 1.54) is 0 Å². The van der Waals surface area contributed by atoms with Crippen LogP contribution in [0, 0.1) is 6.92 Å². The van der Waals surface area contributed by atoms with Crippen molar-refractivity contribution in [3.63, 3.8) is 0 Å². The lowest BCUT2D eigenvalue weighted by Crippen LogP contribution is -2.44. The molecule has 0 aliphatic heterocycles. The molecule has 0 saturated carbocycles. The van der Waals surface area contributed by atoms with E-state index in [1.807, 2.05) is 17.7 Å². The second kappa shape index (κ2) is 5.14. The Morgan fingerprint density at radius 3 is 2.62 bits per heavy atom. The monoisotopic (exact) mass is 225 g/mol. The fourth-order valence-electron chi connectivity index (χ4n) is 2.05. The average Bonchev–Trinajstić information content (AvgIpc) is 2.55. The highest BCUT2D eigenvalue weighted by molar-refractivity contribution is 5.69. The Morgan fingerprint density at radius 2 is 2.19 bits per heavy atom. The molecule has 1 atom stereocenters. The van der Waals surface area contributed by atoms with E-state index in [2.05, 4.69) is 18.4 Å². The van der Waals surface area contributed by atoms with E-state index in [0.717, 1.165) is 30.9 Å². The quantitative estimate of drug-likeness (QED) is 0.775. The van der Waals surface area contributed by atoms with E-state index in [9.17, 15) is 4.79 Å². The average molecular weight is 225 g/mol. The number of aliphatic carboxylic acids is 1. The maximum Gasteiger partial charge on any atom is 0.349 e. The number of aromatic nitrogens is 2. The van der Waals surface area contributed by atoms with Gasteiger partial charge in [-0.15, -0.1) is 0 Å². The summed E-state index contributed by atoms with van der Waals surface area (Å²) in [7, 11) is 0. The van der Waals surface area contributed by atoms with Crippen LogP contribution in [-0.4, -0.2) is 15.6 Å². The van der Waals surface area contributed by atoms with Gasteiger partial charge in [0.05, 0.1) is 6.54 Å². The number of hydrogen-bond donors (Lipinski definition) is 1. The molecule has 90 valence electrons. The molecule has 0 bridgehead atoms. The van der Waals surface area contributed by atoms with Gasteiger partial charge in [-0.25, -0.2) is 13.9 Å². The van der Waals surface area contributed by atoms with E-state index in [0.29, 0.717) is 0 Å². The lowest BCUT2D eigenvalue weighted by atomic mass is 10.3. The zero-order valence-corrected chi connectivity index (χ0v) is 10.5. The Hall–Kier alpha value is -1.32. The first kappa shape index (κ1) is 12.7. The smallest absolute Gasteiger partial charge is 0.349 e. The highest BCUT2D eigenvalue weighted by Gasteiger charge is 2.26. The van der Waals surface area contributed by atoms with E-state index in [1.54, 1.807) is 6.92 Å². The second-order valence-corrected chi connectivity index (χ2v) is 4.11. The van der Waals surface area contributed by atoms with Gasteiger partial charge in [-0.2, -0.15) is 0 Å². The zero-order chi connectivity index (χ0) is 12.3. The summed E-state index contributed by atoms with van der Waals surface area (Å²) >= 11 is 0. The number of aryl methyl sites for hydroxylation is 1. The number of rotatable bonds is 5. The summed E-state index contributed by atoms with van der Waals surface area (Å²) < 4.78 is 4.08. The van der Waals surface area contributed by atoms with Gasteiger partial charge in [0, 0.05) is 13.3 Å². The zero-order valence-electron chi connectivity index (χ0n) is 10.5. The molecule has 0 spiro atoms. The molecule has 1 N–H and O–H groups in total. The number of carboxylic acids is 1. The standard InChI is InChI=1S/C12H20N2O2/c1-5-7-13-9(3)8-14(11(13)6-2)10(4)12(15)16/h8,10H,5-7H2,1-4H3/p+1. The summed E-state index contributed by atoms with van der Waals surface area (Å²) in [6.45, 7) is 8.89. The van der Waals surface area contributed by atoms with Crippen molar-refractivity contribution in [1.82, 2.24) is 4.57 Å². The molecule has 0 aliphatic carbocycles. The molecular weight excluding hydrogens is 204 g/mol. The molecule has 0 saturated heterocycles. The molecule has 1 aromatic rings. The molecule has 4 heteroatoms. The SMILES string of the molecule is CCCn1c(C)c[n+](C(C)C(=O)O)c1CC. The van der Waals surface area contributed by atoms with Crippen molar-refractivity contribution < 1.29 is 14.5 Å². The molecule has 0 radical (unpaired) electrons. The lowest BCUT2D eigenvalue weighted by Gasteiger charge is -2.06. The lowest BCUT2D eigenvalue weighted by molar-refractivity contribution is -0.714. The number of carboxylic acid groups (broad SMARTS) is 1. The van der Waals surface area contributed by atoms with Crippen molar-refractivity contribution in [2.45, 2.75) is 53.1 Å². The molecule has 0 amide bonds. The first-order valence-electron chi connectivity index (χ1n) is 5.85. The Balaban J connectivity index is 3.19. The molecule has 0 fully saturated rings.